The number of halogens is 3. The molecule has 0 spiro atoms. The summed E-state index contributed by atoms with van der Waals surface area (Å²) >= 11 is 0. The fourth-order valence-corrected chi connectivity index (χ4v) is 1.60. The van der Waals surface area contributed by atoms with Crippen LogP contribution in [0.1, 0.15) is 5.56 Å². The lowest BCUT2D eigenvalue weighted by molar-refractivity contribution is -0.131. The second-order valence-electron chi connectivity index (χ2n) is 4.00. The molecule has 0 unspecified atom stereocenters. The highest BCUT2D eigenvalue weighted by Crippen LogP contribution is 2.30. The van der Waals surface area contributed by atoms with Crippen LogP contribution in [0.3, 0.4) is 0 Å². The Balaban J connectivity index is 2.40. The maximum Gasteiger partial charge on any atom is 0.328 e. The Kier molecular flexibility index (Phi) is 4.27. The largest absolute Gasteiger partial charge is 0.478 e. The minimum Gasteiger partial charge on any atom is -0.478 e. The van der Waals surface area contributed by atoms with Gasteiger partial charge in [0.25, 0.3) is 0 Å². The van der Waals surface area contributed by atoms with E-state index in [1.165, 1.54) is 12.1 Å². The Bertz CT molecular complexity index is 711. The number of benzene rings is 2. The van der Waals surface area contributed by atoms with Crippen LogP contribution in [-0.2, 0) is 4.79 Å². The van der Waals surface area contributed by atoms with Crippen LogP contribution < -0.4 is 4.74 Å². The molecule has 2 aromatic rings. The quantitative estimate of drug-likeness (QED) is 0.867. The van der Waals surface area contributed by atoms with Crippen LogP contribution >= 0.6 is 0 Å². The van der Waals surface area contributed by atoms with E-state index in [2.05, 4.69) is 0 Å². The monoisotopic (exact) mass is 294 g/mol. The molecule has 0 aliphatic heterocycles. The zero-order valence-electron chi connectivity index (χ0n) is 10.5. The van der Waals surface area contributed by atoms with Gasteiger partial charge < -0.3 is 9.84 Å². The third kappa shape index (κ3) is 3.62. The van der Waals surface area contributed by atoms with Gasteiger partial charge in [-0.05, 0) is 30.3 Å². The van der Waals surface area contributed by atoms with E-state index in [9.17, 15) is 18.0 Å². The Labute approximate surface area is 117 Å². The lowest BCUT2D eigenvalue weighted by Gasteiger charge is -2.10. The van der Waals surface area contributed by atoms with Gasteiger partial charge in [0.05, 0.1) is 5.56 Å². The third-order valence-electron chi connectivity index (χ3n) is 2.52. The van der Waals surface area contributed by atoms with Gasteiger partial charge in [0.1, 0.15) is 17.4 Å². The summed E-state index contributed by atoms with van der Waals surface area (Å²) in [6, 6.07) is 6.44. The molecule has 21 heavy (non-hydrogen) atoms. The number of hydrogen-bond donors (Lipinski definition) is 1. The van der Waals surface area contributed by atoms with Crippen LogP contribution in [0.15, 0.2) is 42.5 Å². The van der Waals surface area contributed by atoms with E-state index in [4.69, 9.17) is 9.84 Å². The highest BCUT2D eigenvalue weighted by atomic mass is 19.1. The summed E-state index contributed by atoms with van der Waals surface area (Å²) < 4.78 is 45.2. The van der Waals surface area contributed by atoms with Gasteiger partial charge in [0.15, 0.2) is 11.6 Å². The van der Waals surface area contributed by atoms with Crippen molar-refractivity contribution >= 4 is 12.0 Å². The molecule has 0 aromatic heterocycles. The SMILES string of the molecule is O=C(O)/C=C/c1c(F)cccc1Oc1ccc(F)cc1F. The van der Waals surface area contributed by atoms with Crippen molar-refractivity contribution < 1.29 is 27.8 Å². The van der Waals surface area contributed by atoms with Gasteiger partial charge in [0.2, 0.25) is 0 Å². The van der Waals surface area contributed by atoms with Gasteiger partial charge >= 0.3 is 5.97 Å². The van der Waals surface area contributed by atoms with E-state index in [0.717, 1.165) is 30.4 Å². The highest BCUT2D eigenvalue weighted by molar-refractivity contribution is 5.86. The topological polar surface area (TPSA) is 46.5 Å². The fourth-order valence-electron chi connectivity index (χ4n) is 1.60. The van der Waals surface area contributed by atoms with E-state index in [0.29, 0.717) is 6.07 Å². The Morgan fingerprint density at radius 2 is 1.81 bits per heavy atom. The zero-order chi connectivity index (χ0) is 15.4. The normalized spacial score (nSPS) is 10.8. The molecule has 3 nitrogen and oxygen atoms in total. The third-order valence-corrected chi connectivity index (χ3v) is 2.52. The molecule has 0 aliphatic rings. The summed E-state index contributed by atoms with van der Waals surface area (Å²) in [5.74, 6) is -4.10. The van der Waals surface area contributed by atoms with Crippen molar-refractivity contribution in [3.05, 3.63) is 65.5 Å². The Morgan fingerprint density at radius 3 is 2.48 bits per heavy atom. The molecule has 6 heteroatoms. The molecular formula is C15H9F3O3. The molecule has 0 amide bonds. The number of carboxylic acid groups (broad SMARTS) is 1. The second-order valence-corrected chi connectivity index (χ2v) is 4.00. The van der Waals surface area contributed by atoms with E-state index >= 15 is 0 Å². The van der Waals surface area contributed by atoms with Crippen molar-refractivity contribution in [3.8, 4) is 11.5 Å². The minimum absolute atomic E-state index is 0.0852. The number of aliphatic carboxylic acids is 1. The van der Waals surface area contributed by atoms with Crippen LogP contribution in [0.5, 0.6) is 11.5 Å². The van der Waals surface area contributed by atoms with Crippen molar-refractivity contribution in [3.63, 3.8) is 0 Å². The fraction of sp³-hybridized carbons (Fsp3) is 0. The first-order valence-electron chi connectivity index (χ1n) is 5.80. The zero-order valence-corrected chi connectivity index (χ0v) is 10.5. The Morgan fingerprint density at radius 1 is 1.05 bits per heavy atom. The molecule has 2 rings (SSSR count). The van der Waals surface area contributed by atoms with Crippen molar-refractivity contribution in [2.45, 2.75) is 0 Å². The highest BCUT2D eigenvalue weighted by Gasteiger charge is 2.11. The van der Waals surface area contributed by atoms with Crippen LogP contribution in [0.25, 0.3) is 6.08 Å². The van der Waals surface area contributed by atoms with Gasteiger partial charge in [-0.15, -0.1) is 0 Å². The molecule has 0 saturated heterocycles. The smallest absolute Gasteiger partial charge is 0.328 e. The molecule has 0 saturated carbocycles. The first-order chi connectivity index (χ1) is 9.97. The van der Waals surface area contributed by atoms with E-state index in [1.54, 1.807) is 0 Å². The molecule has 2 aromatic carbocycles. The predicted octanol–water partition coefficient (Wildman–Crippen LogP) is 3.99. The molecule has 1 N–H and O–H groups in total. The predicted molar refractivity (Wildman–Crippen MR) is 69.5 cm³/mol. The molecule has 0 radical (unpaired) electrons. The van der Waals surface area contributed by atoms with Gasteiger partial charge in [-0.3, -0.25) is 0 Å². The maximum atomic E-state index is 13.7. The van der Waals surface area contributed by atoms with Crippen LogP contribution in [0, 0.1) is 17.5 Å². The standard InChI is InChI=1S/C15H9F3O3/c16-9-4-6-14(12(18)8-9)21-13-3-1-2-11(17)10(13)5-7-15(19)20/h1-8H,(H,19,20)/b7-5+. The van der Waals surface area contributed by atoms with Gasteiger partial charge in [-0.25, -0.2) is 18.0 Å². The lowest BCUT2D eigenvalue weighted by atomic mass is 10.1. The van der Waals surface area contributed by atoms with E-state index in [1.807, 2.05) is 0 Å². The lowest BCUT2D eigenvalue weighted by Crippen LogP contribution is -1.94. The van der Waals surface area contributed by atoms with Crippen molar-refractivity contribution in [1.82, 2.24) is 0 Å². The summed E-state index contributed by atoms with van der Waals surface area (Å²) in [5.41, 5.74) is -0.149. The van der Waals surface area contributed by atoms with Crippen molar-refractivity contribution in [2.75, 3.05) is 0 Å². The summed E-state index contributed by atoms with van der Waals surface area (Å²) in [6.07, 6.45) is 1.72. The number of ether oxygens (including phenoxy) is 1. The minimum atomic E-state index is -1.27. The molecular weight excluding hydrogens is 285 g/mol. The second kappa shape index (κ2) is 6.13. The number of hydrogen-bond acceptors (Lipinski definition) is 2. The average Bonchev–Trinajstić information content (AvgIpc) is 2.41. The first kappa shape index (κ1) is 14.6. The van der Waals surface area contributed by atoms with Gasteiger partial charge in [-0.2, -0.15) is 0 Å². The summed E-state index contributed by atoms with van der Waals surface area (Å²) in [4.78, 5) is 10.5. The van der Waals surface area contributed by atoms with Crippen LogP contribution in [0.2, 0.25) is 0 Å². The first-order valence-corrected chi connectivity index (χ1v) is 5.80. The summed E-state index contributed by atoms with van der Waals surface area (Å²) in [5, 5.41) is 8.57. The molecule has 0 atom stereocenters. The van der Waals surface area contributed by atoms with Crippen LogP contribution in [0.4, 0.5) is 13.2 Å². The van der Waals surface area contributed by atoms with E-state index < -0.39 is 23.4 Å². The van der Waals surface area contributed by atoms with Gasteiger partial charge in [0, 0.05) is 12.1 Å². The average molecular weight is 294 g/mol. The molecule has 108 valence electrons. The molecule has 0 aliphatic carbocycles. The van der Waals surface area contributed by atoms with Gasteiger partial charge in [-0.1, -0.05) is 6.07 Å². The van der Waals surface area contributed by atoms with Crippen molar-refractivity contribution in [1.29, 1.82) is 0 Å². The number of carboxylic acids is 1. The number of rotatable bonds is 4. The molecule has 0 fully saturated rings. The number of carbonyl (C=O) groups is 1. The van der Waals surface area contributed by atoms with Crippen LogP contribution in [-0.4, -0.2) is 11.1 Å². The summed E-state index contributed by atoms with van der Waals surface area (Å²) in [7, 11) is 0. The maximum absolute atomic E-state index is 13.7. The Hall–Kier alpha value is -2.76. The molecule has 0 heterocycles. The van der Waals surface area contributed by atoms with E-state index in [-0.39, 0.29) is 17.1 Å². The van der Waals surface area contributed by atoms with Crippen molar-refractivity contribution in [2.24, 2.45) is 0 Å². The molecule has 0 bridgehead atoms. The summed E-state index contributed by atoms with van der Waals surface area (Å²) in [6.45, 7) is 0.